The summed E-state index contributed by atoms with van der Waals surface area (Å²) in [7, 11) is 0.0628. The largest absolute Gasteiger partial charge is 0.259 e. The Labute approximate surface area is 40.1 Å². The topological polar surface area (TPSA) is 12.4 Å². The van der Waals surface area contributed by atoms with E-state index in [2.05, 4.69) is 16.7 Å². The van der Waals surface area contributed by atoms with Gasteiger partial charge in [-0.1, -0.05) is 0 Å². The van der Waals surface area contributed by atoms with Gasteiger partial charge in [0.05, 0.1) is 0 Å². The van der Waals surface area contributed by atoms with E-state index in [0.29, 0.717) is 0 Å². The lowest BCUT2D eigenvalue weighted by atomic mass is 11.1. The summed E-state index contributed by atoms with van der Waals surface area (Å²) in [4.78, 5) is 3.89. The Morgan fingerprint density at radius 2 is 2.50 bits per heavy atom. The summed E-state index contributed by atoms with van der Waals surface area (Å²) >= 11 is 0. The molecule has 0 spiro atoms. The highest BCUT2D eigenvalue weighted by Gasteiger charge is 1.85. The van der Waals surface area contributed by atoms with Crippen molar-refractivity contribution in [2.75, 3.05) is 6.26 Å². The van der Waals surface area contributed by atoms with Crippen LogP contribution in [0.1, 0.15) is 0 Å². The van der Waals surface area contributed by atoms with Gasteiger partial charge in [0, 0.05) is 11.7 Å². The fraction of sp³-hybridized carbons (Fsp3) is 0.250. The molecule has 1 aliphatic heterocycles. The van der Waals surface area contributed by atoms with E-state index in [9.17, 15) is 0 Å². The molecule has 0 N–H and O–H groups in total. The van der Waals surface area contributed by atoms with Crippen LogP contribution in [-0.4, -0.2) is 11.8 Å². The molecule has 2 heteroatoms. The van der Waals surface area contributed by atoms with Crippen LogP contribution in [0.4, 0.5) is 0 Å². The molecule has 1 atom stereocenters. The fourth-order valence-corrected chi connectivity index (χ4v) is 0.977. The summed E-state index contributed by atoms with van der Waals surface area (Å²) in [5, 5.41) is 2.12. The summed E-state index contributed by atoms with van der Waals surface area (Å²) in [5.41, 5.74) is 1.98. The molecular weight excluding hydrogens is 94.1 g/mol. The Hall–Kier alpha value is -0.240. The quantitative estimate of drug-likeness (QED) is 0.439. The third kappa shape index (κ3) is 0.627. The summed E-state index contributed by atoms with van der Waals surface area (Å²) in [6, 6.07) is 0. The lowest BCUT2D eigenvalue weighted by Crippen LogP contribution is -1.60. The minimum absolute atomic E-state index is 0.0628. The maximum atomic E-state index is 3.89. The highest BCUT2D eigenvalue weighted by Crippen LogP contribution is 2.20. The Balaban J connectivity index is 2.60. The zero-order valence-corrected chi connectivity index (χ0v) is 4.52. The van der Waals surface area contributed by atoms with Crippen molar-refractivity contribution in [1.29, 1.82) is 0 Å². The average Bonchev–Trinajstić information content (AvgIpc) is 1.86. The van der Waals surface area contributed by atoms with Crippen molar-refractivity contribution in [3.8, 4) is 0 Å². The number of rotatable bonds is 0. The SMILES string of the molecule is C[SH]1C=CN=C1. The van der Waals surface area contributed by atoms with Crippen LogP contribution in [0, 0.1) is 0 Å². The van der Waals surface area contributed by atoms with Crippen LogP contribution >= 0.6 is 10.9 Å². The molecule has 0 saturated carbocycles. The second-order valence-electron chi connectivity index (χ2n) is 1.23. The van der Waals surface area contributed by atoms with Crippen LogP contribution in [0.2, 0.25) is 0 Å². The van der Waals surface area contributed by atoms with Gasteiger partial charge in [-0.25, -0.2) is 0 Å². The van der Waals surface area contributed by atoms with Crippen LogP contribution in [0.3, 0.4) is 0 Å². The normalized spacial score (nSPS) is 35.2. The molecule has 1 rings (SSSR count). The minimum atomic E-state index is 0.0628. The number of hydrogen-bond acceptors (Lipinski definition) is 1. The average molecular weight is 101 g/mol. The predicted molar refractivity (Wildman–Crippen MR) is 32.5 cm³/mol. The highest BCUT2D eigenvalue weighted by molar-refractivity contribution is 8.30. The third-order valence-electron chi connectivity index (χ3n) is 0.637. The number of hydrogen-bond donors (Lipinski definition) is 1. The smallest absolute Gasteiger partial charge is 0.0434 e. The Morgan fingerprint density at radius 3 is 2.67 bits per heavy atom. The van der Waals surface area contributed by atoms with Crippen LogP contribution < -0.4 is 0 Å². The van der Waals surface area contributed by atoms with Gasteiger partial charge < -0.3 is 0 Å². The van der Waals surface area contributed by atoms with E-state index in [-0.39, 0.29) is 10.9 Å². The molecular formula is C4H7NS. The lowest BCUT2D eigenvalue weighted by Gasteiger charge is -1.89. The first-order valence-corrected chi connectivity index (χ1v) is 3.74. The van der Waals surface area contributed by atoms with Gasteiger partial charge in [0.2, 0.25) is 0 Å². The summed E-state index contributed by atoms with van der Waals surface area (Å²) in [5.74, 6) is 0. The molecule has 1 unspecified atom stereocenters. The second-order valence-corrected chi connectivity index (χ2v) is 3.09. The van der Waals surface area contributed by atoms with Crippen molar-refractivity contribution < 1.29 is 0 Å². The van der Waals surface area contributed by atoms with Gasteiger partial charge in [-0.3, -0.25) is 4.99 Å². The molecule has 0 aliphatic carbocycles. The second kappa shape index (κ2) is 1.47. The molecule has 1 heterocycles. The molecule has 34 valence electrons. The molecule has 1 aliphatic rings. The van der Waals surface area contributed by atoms with Gasteiger partial charge >= 0.3 is 0 Å². The molecule has 6 heavy (non-hydrogen) atoms. The van der Waals surface area contributed by atoms with Gasteiger partial charge in [-0.05, 0) is 11.7 Å². The zero-order valence-electron chi connectivity index (χ0n) is 3.63. The highest BCUT2D eigenvalue weighted by atomic mass is 32.2. The molecule has 0 radical (unpaired) electrons. The van der Waals surface area contributed by atoms with E-state index < -0.39 is 0 Å². The number of nitrogens with zero attached hydrogens (tertiary/aromatic N) is 1. The lowest BCUT2D eigenvalue weighted by molar-refractivity contribution is 1.65. The summed E-state index contributed by atoms with van der Waals surface area (Å²) in [6.45, 7) is 0. The molecule has 0 bridgehead atoms. The van der Waals surface area contributed by atoms with Gasteiger partial charge in [0.25, 0.3) is 0 Å². The van der Waals surface area contributed by atoms with Gasteiger partial charge in [-0.15, -0.1) is 0 Å². The number of thiol groups is 1. The van der Waals surface area contributed by atoms with Gasteiger partial charge in [-0.2, -0.15) is 10.9 Å². The maximum absolute atomic E-state index is 3.89. The number of aliphatic imine (C=N–C) groups is 1. The minimum Gasteiger partial charge on any atom is -0.259 e. The standard InChI is InChI=1S/C4H7NS/c1-6-3-2-5-4-6/h2-4,6H,1H3. The van der Waals surface area contributed by atoms with Crippen molar-refractivity contribution in [2.45, 2.75) is 0 Å². The van der Waals surface area contributed by atoms with E-state index in [4.69, 9.17) is 0 Å². The van der Waals surface area contributed by atoms with Crippen molar-refractivity contribution >= 4 is 16.4 Å². The Morgan fingerprint density at radius 1 is 1.67 bits per heavy atom. The van der Waals surface area contributed by atoms with E-state index in [0.717, 1.165) is 0 Å². The maximum Gasteiger partial charge on any atom is 0.0434 e. The molecule has 0 amide bonds. The van der Waals surface area contributed by atoms with Gasteiger partial charge in [0.1, 0.15) is 0 Å². The van der Waals surface area contributed by atoms with Crippen molar-refractivity contribution in [3.05, 3.63) is 11.6 Å². The molecule has 0 fully saturated rings. The van der Waals surface area contributed by atoms with Gasteiger partial charge in [0.15, 0.2) is 0 Å². The van der Waals surface area contributed by atoms with Crippen LogP contribution in [0.5, 0.6) is 0 Å². The Bertz CT molecular complexity index is 83.7. The molecule has 0 aromatic carbocycles. The monoisotopic (exact) mass is 101 g/mol. The predicted octanol–water partition coefficient (Wildman–Crippen LogP) is 1.13. The summed E-state index contributed by atoms with van der Waals surface area (Å²) < 4.78 is 0. The molecule has 1 nitrogen and oxygen atoms in total. The van der Waals surface area contributed by atoms with Crippen molar-refractivity contribution in [1.82, 2.24) is 0 Å². The van der Waals surface area contributed by atoms with Crippen LogP contribution in [0.25, 0.3) is 0 Å². The van der Waals surface area contributed by atoms with Crippen LogP contribution in [-0.2, 0) is 0 Å². The van der Waals surface area contributed by atoms with Crippen LogP contribution in [0.15, 0.2) is 16.6 Å². The van der Waals surface area contributed by atoms with E-state index in [1.165, 1.54) is 0 Å². The molecule has 0 aromatic rings. The zero-order chi connectivity index (χ0) is 4.41. The van der Waals surface area contributed by atoms with E-state index in [1.54, 1.807) is 0 Å². The Kier molecular flexibility index (Phi) is 0.965. The van der Waals surface area contributed by atoms with Crippen molar-refractivity contribution in [2.24, 2.45) is 4.99 Å². The molecule has 0 saturated heterocycles. The first-order chi connectivity index (χ1) is 2.89. The van der Waals surface area contributed by atoms with Crippen molar-refractivity contribution in [3.63, 3.8) is 0 Å². The fourth-order valence-electron chi connectivity index (χ4n) is 0.326. The summed E-state index contributed by atoms with van der Waals surface area (Å²) in [6.07, 6.45) is 4.02. The molecule has 0 aromatic heterocycles. The van der Waals surface area contributed by atoms with E-state index in [1.807, 2.05) is 11.7 Å². The third-order valence-corrected chi connectivity index (χ3v) is 1.74. The van der Waals surface area contributed by atoms with E-state index >= 15 is 0 Å². The first-order valence-electron chi connectivity index (χ1n) is 1.81. The first kappa shape index (κ1) is 3.93.